The van der Waals surface area contributed by atoms with Gasteiger partial charge < -0.3 is 5.32 Å². The number of nitrogens with zero attached hydrogens (tertiary/aromatic N) is 1. The Labute approximate surface area is 127 Å². The molecule has 2 atom stereocenters. The Morgan fingerprint density at radius 1 is 0.905 bits per heavy atom. The maximum atomic E-state index is 12.8. The van der Waals surface area contributed by atoms with Crippen LogP contribution in [0.5, 0.6) is 0 Å². The molecule has 0 aromatic heterocycles. The molecule has 3 fully saturated rings. The summed E-state index contributed by atoms with van der Waals surface area (Å²) in [5.74, 6) is 0.186. The molecule has 0 aromatic carbocycles. The van der Waals surface area contributed by atoms with Gasteiger partial charge in [-0.1, -0.05) is 12.8 Å². The lowest BCUT2D eigenvalue weighted by Gasteiger charge is -2.48. The molecular weight excluding hydrogens is 264 g/mol. The number of amides is 2. The van der Waals surface area contributed by atoms with E-state index in [4.69, 9.17) is 0 Å². The van der Waals surface area contributed by atoms with Crippen LogP contribution in [0.1, 0.15) is 66.2 Å². The predicted octanol–water partition coefficient (Wildman–Crippen LogP) is 2.47. The molecule has 1 aliphatic carbocycles. The minimum absolute atomic E-state index is 0.0210. The zero-order valence-corrected chi connectivity index (χ0v) is 13.7. The zero-order valence-electron chi connectivity index (χ0n) is 13.7. The van der Waals surface area contributed by atoms with Gasteiger partial charge in [0.15, 0.2) is 0 Å². The lowest BCUT2D eigenvalue weighted by Crippen LogP contribution is -2.63. The molecule has 1 N–H and O–H groups in total. The lowest BCUT2D eigenvalue weighted by atomic mass is 9.79. The number of imide groups is 1. The van der Waals surface area contributed by atoms with Crippen LogP contribution >= 0.6 is 0 Å². The molecular formula is C17H28N2O2. The van der Waals surface area contributed by atoms with E-state index in [-0.39, 0.29) is 40.8 Å². The number of nitrogens with one attached hydrogen (secondary N) is 1. The van der Waals surface area contributed by atoms with Crippen LogP contribution < -0.4 is 5.32 Å². The highest BCUT2D eigenvalue weighted by atomic mass is 16.2. The standard InChI is InChI=1S/C17H28N2O2/c1-16(2)9-11(10-17(3,4)18-16)19-14(20)12-7-5-6-8-13(12)15(19)21/h11-13,18H,5-10H2,1-4H3/t12-,13-/m0/s1. The molecule has 2 saturated heterocycles. The van der Waals surface area contributed by atoms with E-state index in [0.29, 0.717) is 0 Å². The van der Waals surface area contributed by atoms with Crippen LogP contribution in [0, 0.1) is 11.8 Å². The molecule has 1 saturated carbocycles. The molecule has 3 rings (SSSR count). The first kappa shape index (κ1) is 15.0. The number of likely N-dealkylation sites (tertiary alicyclic amines) is 1. The zero-order chi connectivity index (χ0) is 15.4. The summed E-state index contributed by atoms with van der Waals surface area (Å²) < 4.78 is 0. The highest BCUT2D eigenvalue weighted by Gasteiger charge is 2.53. The third kappa shape index (κ3) is 2.63. The third-order valence-corrected chi connectivity index (χ3v) is 5.41. The van der Waals surface area contributed by atoms with Crippen molar-refractivity contribution < 1.29 is 9.59 Å². The van der Waals surface area contributed by atoms with Crippen LogP contribution in [-0.2, 0) is 9.59 Å². The second-order valence-electron chi connectivity index (χ2n) is 8.50. The van der Waals surface area contributed by atoms with Gasteiger partial charge >= 0.3 is 0 Å². The molecule has 0 aromatic rings. The van der Waals surface area contributed by atoms with Gasteiger partial charge in [0.25, 0.3) is 0 Å². The molecule has 2 amide bonds. The fourth-order valence-corrected chi connectivity index (χ4v) is 5.00. The van der Waals surface area contributed by atoms with Crippen molar-refractivity contribution >= 4 is 11.8 Å². The highest BCUT2D eigenvalue weighted by Crippen LogP contribution is 2.42. The van der Waals surface area contributed by atoms with Crippen molar-refractivity contribution in [2.45, 2.75) is 83.3 Å². The number of hydrogen-bond donors (Lipinski definition) is 1. The molecule has 3 aliphatic rings. The van der Waals surface area contributed by atoms with E-state index < -0.39 is 0 Å². The van der Waals surface area contributed by atoms with Crippen molar-refractivity contribution in [2.75, 3.05) is 0 Å². The van der Waals surface area contributed by atoms with E-state index in [1.807, 2.05) is 0 Å². The summed E-state index contributed by atoms with van der Waals surface area (Å²) in [4.78, 5) is 27.2. The SMILES string of the molecule is CC1(C)CC(N2C(=O)[C@H]3CCCC[C@@H]3C2=O)CC(C)(C)N1. The topological polar surface area (TPSA) is 49.4 Å². The Morgan fingerprint density at radius 2 is 1.33 bits per heavy atom. The summed E-state index contributed by atoms with van der Waals surface area (Å²) in [6, 6.07) is 0.0573. The van der Waals surface area contributed by atoms with Crippen molar-refractivity contribution in [3.8, 4) is 0 Å². The van der Waals surface area contributed by atoms with Gasteiger partial charge in [-0.15, -0.1) is 0 Å². The quantitative estimate of drug-likeness (QED) is 0.755. The minimum atomic E-state index is -0.0409. The van der Waals surface area contributed by atoms with Crippen LogP contribution in [0.2, 0.25) is 0 Å². The van der Waals surface area contributed by atoms with E-state index in [0.717, 1.165) is 38.5 Å². The molecule has 2 aliphatic heterocycles. The van der Waals surface area contributed by atoms with Gasteiger partial charge in [-0.25, -0.2) is 0 Å². The molecule has 0 spiro atoms. The van der Waals surface area contributed by atoms with Gasteiger partial charge in [0.1, 0.15) is 0 Å². The Morgan fingerprint density at radius 3 is 1.76 bits per heavy atom. The van der Waals surface area contributed by atoms with Crippen LogP contribution in [0.3, 0.4) is 0 Å². The van der Waals surface area contributed by atoms with E-state index in [1.54, 1.807) is 4.90 Å². The van der Waals surface area contributed by atoms with Gasteiger partial charge in [0, 0.05) is 17.1 Å². The average Bonchev–Trinajstić information content (AvgIpc) is 2.59. The Balaban J connectivity index is 1.86. The summed E-state index contributed by atoms with van der Waals surface area (Å²) in [6.45, 7) is 8.66. The number of carbonyl (C=O) groups is 2. The summed E-state index contributed by atoms with van der Waals surface area (Å²) in [6.07, 6.45) is 5.71. The number of piperidine rings is 1. The molecule has 4 nitrogen and oxygen atoms in total. The minimum Gasteiger partial charge on any atom is -0.307 e. The van der Waals surface area contributed by atoms with Crippen molar-refractivity contribution in [3.05, 3.63) is 0 Å². The van der Waals surface area contributed by atoms with Gasteiger partial charge in [-0.05, 0) is 53.4 Å². The van der Waals surface area contributed by atoms with Crippen LogP contribution in [0.15, 0.2) is 0 Å². The summed E-state index contributed by atoms with van der Waals surface area (Å²) in [5, 5.41) is 3.63. The van der Waals surface area contributed by atoms with Crippen LogP contribution in [0.25, 0.3) is 0 Å². The second-order valence-corrected chi connectivity index (χ2v) is 8.50. The third-order valence-electron chi connectivity index (χ3n) is 5.41. The summed E-state index contributed by atoms with van der Waals surface area (Å²) >= 11 is 0. The lowest BCUT2D eigenvalue weighted by molar-refractivity contribution is -0.144. The normalized spacial score (nSPS) is 35.9. The summed E-state index contributed by atoms with van der Waals surface area (Å²) in [7, 11) is 0. The van der Waals surface area contributed by atoms with Gasteiger partial charge in [-0.2, -0.15) is 0 Å². The van der Waals surface area contributed by atoms with Crippen LogP contribution in [0.4, 0.5) is 0 Å². The van der Waals surface area contributed by atoms with E-state index in [9.17, 15) is 9.59 Å². The largest absolute Gasteiger partial charge is 0.307 e. The molecule has 2 heterocycles. The van der Waals surface area contributed by atoms with Gasteiger partial charge in [-0.3, -0.25) is 14.5 Å². The smallest absolute Gasteiger partial charge is 0.233 e. The number of rotatable bonds is 1. The first-order valence-electron chi connectivity index (χ1n) is 8.36. The van der Waals surface area contributed by atoms with Gasteiger partial charge in [0.05, 0.1) is 11.8 Å². The first-order valence-corrected chi connectivity index (χ1v) is 8.36. The van der Waals surface area contributed by atoms with Crippen molar-refractivity contribution in [1.29, 1.82) is 0 Å². The van der Waals surface area contributed by atoms with Crippen LogP contribution in [-0.4, -0.2) is 33.8 Å². The fourth-order valence-electron chi connectivity index (χ4n) is 5.00. The molecule has 0 bridgehead atoms. The van der Waals surface area contributed by atoms with Crippen molar-refractivity contribution in [1.82, 2.24) is 10.2 Å². The number of carbonyl (C=O) groups excluding carboxylic acids is 2. The fraction of sp³-hybridized carbons (Fsp3) is 0.882. The maximum absolute atomic E-state index is 12.8. The highest BCUT2D eigenvalue weighted by molar-refractivity contribution is 6.05. The number of fused-ring (bicyclic) bond motifs is 1. The Kier molecular flexibility index (Phi) is 3.43. The van der Waals surface area contributed by atoms with E-state index in [2.05, 4.69) is 33.0 Å². The van der Waals surface area contributed by atoms with Crippen molar-refractivity contribution in [2.24, 2.45) is 11.8 Å². The molecule has 0 unspecified atom stereocenters. The molecule has 118 valence electrons. The summed E-state index contributed by atoms with van der Waals surface area (Å²) in [5.41, 5.74) is -0.0819. The molecule has 21 heavy (non-hydrogen) atoms. The van der Waals surface area contributed by atoms with E-state index in [1.165, 1.54) is 0 Å². The average molecular weight is 292 g/mol. The maximum Gasteiger partial charge on any atom is 0.233 e. The first-order chi connectivity index (χ1) is 9.70. The number of hydrogen-bond acceptors (Lipinski definition) is 3. The van der Waals surface area contributed by atoms with Crippen molar-refractivity contribution in [3.63, 3.8) is 0 Å². The molecule has 4 heteroatoms. The Bertz CT molecular complexity index is 429. The monoisotopic (exact) mass is 292 g/mol. The van der Waals surface area contributed by atoms with Gasteiger partial charge in [0.2, 0.25) is 11.8 Å². The molecule has 0 radical (unpaired) electrons. The Hall–Kier alpha value is -0.900. The predicted molar refractivity (Wildman–Crippen MR) is 81.6 cm³/mol. The van der Waals surface area contributed by atoms with E-state index >= 15 is 0 Å². The second kappa shape index (κ2) is 4.80.